The highest BCUT2D eigenvalue weighted by atomic mass is 32.2. The van der Waals surface area contributed by atoms with E-state index in [0.29, 0.717) is 30.5 Å². The molecular formula is C22H25F3N2O3S. The van der Waals surface area contributed by atoms with Gasteiger partial charge in [-0.15, -0.1) is 0 Å². The van der Waals surface area contributed by atoms with Gasteiger partial charge in [0, 0.05) is 24.7 Å². The fraction of sp³-hybridized carbons (Fsp3) is 0.409. The Bertz CT molecular complexity index is 1040. The lowest BCUT2D eigenvalue weighted by Gasteiger charge is -2.30. The lowest BCUT2D eigenvalue weighted by molar-refractivity contribution is -0.137. The van der Waals surface area contributed by atoms with Crippen LogP contribution in [-0.4, -0.2) is 31.7 Å². The minimum absolute atomic E-state index is 0.0721. The average Bonchev–Trinajstić information content (AvgIpc) is 2.73. The van der Waals surface area contributed by atoms with E-state index in [2.05, 4.69) is 19.2 Å². The van der Waals surface area contributed by atoms with E-state index in [1.807, 2.05) is 18.2 Å². The van der Waals surface area contributed by atoms with E-state index in [9.17, 15) is 26.4 Å². The predicted molar refractivity (Wildman–Crippen MR) is 112 cm³/mol. The molecule has 0 aliphatic carbocycles. The summed E-state index contributed by atoms with van der Waals surface area (Å²) in [5.41, 5.74) is 0.779. The number of halogens is 3. The van der Waals surface area contributed by atoms with Crippen molar-refractivity contribution in [2.24, 2.45) is 5.92 Å². The van der Waals surface area contributed by atoms with Gasteiger partial charge in [-0.2, -0.15) is 17.5 Å². The van der Waals surface area contributed by atoms with Gasteiger partial charge in [0.1, 0.15) is 0 Å². The SMILES string of the molecule is CC(C)c1cccc(NC(=O)C2CCN(S(=O)(=O)c3cccc(C(F)(F)F)c3)CC2)c1. The number of nitrogens with one attached hydrogen (secondary N) is 1. The highest BCUT2D eigenvalue weighted by Gasteiger charge is 2.35. The van der Waals surface area contributed by atoms with E-state index >= 15 is 0 Å². The van der Waals surface area contributed by atoms with Gasteiger partial charge in [-0.25, -0.2) is 8.42 Å². The third-order valence-electron chi connectivity index (χ3n) is 5.44. The molecule has 31 heavy (non-hydrogen) atoms. The van der Waals surface area contributed by atoms with Crippen LogP contribution in [0.2, 0.25) is 0 Å². The lowest BCUT2D eigenvalue weighted by Crippen LogP contribution is -2.41. The molecule has 0 atom stereocenters. The molecule has 0 spiro atoms. The van der Waals surface area contributed by atoms with Crippen molar-refractivity contribution in [1.29, 1.82) is 0 Å². The summed E-state index contributed by atoms with van der Waals surface area (Å²) in [5, 5.41) is 2.88. The lowest BCUT2D eigenvalue weighted by atomic mass is 9.97. The smallest absolute Gasteiger partial charge is 0.326 e. The van der Waals surface area contributed by atoms with Crippen LogP contribution in [0.25, 0.3) is 0 Å². The zero-order valence-corrected chi connectivity index (χ0v) is 18.1. The molecule has 2 aromatic carbocycles. The van der Waals surface area contributed by atoms with E-state index in [4.69, 9.17) is 0 Å². The second-order valence-corrected chi connectivity index (χ2v) is 9.91. The maximum Gasteiger partial charge on any atom is 0.416 e. The van der Waals surface area contributed by atoms with Crippen molar-refractivity contribution in [3.8, 4) is 0 Å². The summed E-state index contributed by atoms with van der Waals surface area (Å²) in [4.78, 5) is 12.2. The van der Waals surface area contributed by atoms with Crippen LogP contribution in [0.3, 0.4) is 0 Å². The van der Waals surface area contributed by atoms with E-state index in [1.54, 1.807) is 6.07 Å². The second kappa shape index (κ2) is 9.00. The zero-order chi connectivity index (χ0) is 22.8. The molecule has 1 heterocycles. The van der Waals surface area contributed by atoms with Crippen LogP contribution < -0.4 is 5.32 Å². The van der Waals surface area contributed by atoms with Crippen molar-refractivity contribution < 1.29 is 26.4 Å². The Morgan fingerprint density at radius 3 is 2.32 bits per heavy atom. The Balaban J connectivity index is 1.65. The molecular weight excluding hydrogens is 429 g/mol. The maximum atomic E-state index is 12.9. The number of carbonyl (C=O) groups excluding carboxylic acids is 1. The monoisotopic (exact) mass is 454 g/mol. The average molecular weight is 455 g/mol. The number of amides is 1. The van der Waals surface area contributed by atoms with Crippen LogP contribution in [0.4, 0.5) is 18.9 Å². The van der Waals surface area contributed by atoms with Gasteiger partial charge in [0.2, 0.25) is 15.9 Å². The summed E-state index contributed by atoms with van der Waals surface area (Å²) in [7, 11) is -4.07. The summed E-state index contributed by atoms with van der Waals surface area (Å²) >= 11 is 0. The molecule has 1 aliphatic rings. The van der Waals surface area contributed by atoms with Crippen molar-refractivity contribution in [2.75, 3.05) is 18.4 Å². The number of benzene rings is 2. The Morgan fingerprint density at radius 2 is 1.71 bits per heavy atom. The van der Waals surface area contributed by atoms with Crippen molar-refractivity contribution in [3.63, 3.8) is 0 Å². The first-order valence-corrected chi connectivity index (χ1v) is 11.5. The Hall–Kier alpha value is -2.39. The van der Waals surface area contributed by atoms with Gasteiger partial charge in [-0.1, -0.05) is 32.0 Å². The quantitative estimate of drug-likeness (QED) is 0.701. The Kier molecular flexibility index (Phi) is 6.76. The first-order chi connectivity index (χ1) is 14.5. The molecule has 5 nitrogen and oxygen atoms in total. The number of carbonyl (C=O) groups is 1. The fourth-order valence-corrected chi connectivity index (χ4v) is 5.08. The highest BCUT2D eigenvalue weighted by molar-refractivity contribution is 7.89. The summed E-state index contributed by atoms with van der Waals surface area (Å²) in [6, 6.07) is 11.3. The minimum Gasteiger partial charge on any atom is -0.326 e. The summed E-state index contributed by atoms with van der Waals surface area (Å²) in [6.07, 6.45) is -4.02. The number of rotatable bonds is 5. The topological polar surface area (TPSA) is 66.5 Å². The molecule has 0 saturated carbocycles. The summed E-state index contributed by atoms with van der Waals surface area (Å²) < 4.78 is 65.5. The summed E-state index contributed by atoms with van der Waals surface area (Å²) in [5.74, 6) is -0.228. The van der Waals surface area contributed by atoms with Crippen LogP contribution in [-0.2, 0) is 21.0 Å². The van der Waals surface area contributed by atoms with Crippen LogP contribution in [0.1, 0.15) is 43.7 Å². The molecule has 0 radical (unpaired) electrons. The van der Waals surface area contributed by atoms with Crippen molar-refractivity contribution in [1.82, 2.24) is 4.31 Å². The molecule has 1 N–H and O–H groups in total. The largest absolute Gasteiger partial charge is 0.416 e. The van der Waals surface area contributed by atoms with E-state index in [-0.39, 0.29) is 24.9 Å². The number of nitrogens with zero attached hydrogens (tertiary/aromatic N) is 1. The number of hydrogen-bond donors (Lipinski definition) is 1. The molecule has 1 aliphatic heterocycles. The zero-order valence-electron chi connectivity index (χ0n) is 17.3. The van der Waals surface area contributed by atoms with Crippen molar-refractivity contribution in [2.45, 2.75) is 43.7 Å². The van der Waals surface area contributed by atoms with E-state index in [0.717, 1.165) is 28.1 Å². The van der Waals surface area contributed by atoms with Crippen LogP contribution >= 0.6 is 0 Å². The molecule has 168 valence electrons. The van der Waals surface area contributed by atoms with E-state index in [1.165, 1.54) is 0 Å². The molecule has 1 fully saturated rings. The molecule has 0 aromatic heterocycles. The van der Waals surface area contributed by atoms with Gasteiger partial charge in [-0.05, 0) is 54.7 Å². The molecule has 2 aromatic rings. The standard InChI is InChI=1S/C22H25F3N2O3S/c1-15(2)17-5-3-7-19(13-17)26-21(28)16-9-11-27(12-10-16)31(29,30)20-8-4-6-18(14-20)22(23,24)25/h3-8,13-16H,9-12H2,1-2H3,(H,26,28). The van der Waals surface area contributed by atoms with E-state index < -0.39 is 26.7 Å². The predicted octanol–water partition coefficient (Wildman–Crippen LogP) is 4.87. The second-order valence-electron chi connectivity index (χ2n) is 7.97. The molecule has 0 bridgehead atoms. The number of alkyl halides is 3. The number of sulfonamides is 1. The van der Waals surface area contributed by atoms with Crippen LogP contribution in [0.15, 0.2) is 53.4 Å². The number of hydrogen-bond acceptors (Lipinski definition) is 3. The van der Waals surface area contributed by atoms with Gasteiger partial charge >= 0.3 is 6.18 Å². The minimum atomic E-state index is -4.62. The van der Waals surface area contributed by atoms with Gasteiger partial charge in [-0.3, -0.25) is 4.79 Å². The molecule has 0 unspecified atom stereocenters. The first-order valence-electron chi connectivity index (χ1n) is 10.1. The molecule has 3 rings (SSSR count). The molecule has 9 heteroatoms. The maximum absolute atomic E-state index is 12.9. The fourth-order valence-electron chi connectivity index (χ4n) is 3.56. The van der Waals surface area contributed by atoms with Gasteiger partial charge < -0.3 is 5.32 Å². The summed E-state index contributed by atoms with van der Waals surface area (Å²) in [6.45, 7) is 4.26. The Morgan fingerprint density at radius 1 is 1.06 bits per heavy atom. The molecule has 1 saturated heterocycles. The van der Waals surface area contributed by atoms with Gasteiger partial charge in [0.05, 0.1) is 10.5 Å². The normalized spacial score (nSPS) is 16.5. The number of anilines is 1. The first kappa shape index (κ1) is 23.3. The van der Waals surface area contributed by atoms with Gasteiger partial charge in [0.25, 0.3) is 0 Å². The van der Waals surface area contributed by atoms with Crippen LogP contribution in [0.5, 0.6) is 0 Å². The van der Waals surface area contributed by atoms with Crippen molar-refractivity contribution in [3.05, 3.63) is 59.7 Å². The van der Waals surface area contributed by atoms with Gasteiger partial charge in [0.15, 0.2) is 0 Å². The number of piperidine rings is 1. The van der Waals surface area contributed by atoms with Crippen molar-refractivity contribution >= 4 is 21.6 Å². The third-order valence-corrected chi connectivity index (χ3v) is 7.34. The Labute approximate surface area is 180 Å². The third kappa shape index (κ3) is 5.46. The highest BCUT2D eigenvalue weighted by Crippen LogP contribution is 2.32. The van der Waals surface area contributed by atoms with Crippen LogP contribution in [0, 0.1) is 5.92 Å². The molecule has 1 amide bonds.